The number of carbonyl (C=O) groups is 2. The van der Waals surface area contributed by atoms with E-state index in [1.54, 1.807) is 0 Å². The Balaban J connectivity index is 2.27. The summed E-state index contributed by atoms with van der Waals surface area (Å²) in [7, 11) is 7.97. The Morgan fingerprint density at radius 3 is 1.43 bits per heavy atom. The summed E-state index contributed by atoms with van der Waals surface area (Å²) in [5.41, 5.74) is 0.697. The Morgan fingerprint density at radius 2 is 1.03 bits per heavy atom. The summed E-state index contributed by atoms with van der Waals surface area (Å²) in [6, 6.07) is 15.4. The molecule has 0 aliphatic rings. The molecule has 60 heavy (non-hydrogen) atoms. The third-order valence-electron chi connectivity index (χ3n) is 15.2. The number of hydrogen-bond acceptors (Lipinski definition) is 8. The fourth-order valence-corrected chi connectivity index (χ4v) is 9.92. The highest BCUT2D eigenvalue weighted by molar-refractivity contribution is 6.02. The Hall–Kier alpha value is -2.94. The number of benzene rings is 2. The summed E-state index contributed by atoms with van der Waals surface area (Å²) in [6.45, 7) is 29.6. The van der Waals surface area contributed by atoms with Gasteiger partial charge in [-0.25, -0.2) is 4.79 Å². The standard InChI is InChI=1S/C52H88N2O6/c1-18-47(11,51(23-6,24-7)58-37-35-48(12,19-2)60-46(56)42-29-33-44(34-30-42)54(16)17)39-40(10)59-52(25-8,26-9)50(21-4,22-5)36-38-57-49(13,20-3)45(55)41-27-31-43(32-28-41)53(14)15/h27-34,40H,18-26,35-39H2,1-17H3/t40?,47?,48?,49-/m0/s1. The molecule has 0 spiro atoms. The number of anilines is 2. The minimum Gasteiger partial charge on any atom is -0.456 e. The SMILES string of the molecule is CCC(C)(CCOC(CC)(CC)C(C)(CC)CC(C)OC(CC)(CC)C(CC)(CC)CCO[C@@](C)(CC)C(=O)c1ccc(N(C)C)cc1)OC(=O)c1ccc(N(C)C)cc1. The number of Topliss-reactive ketones (excluding diaryl/α,β-unsaturated/α-hetero) is 1. The molecule has 0 radical (unpaired) electrons. The van der Waals surface area contributed by atoms with Crippen LogP contribution < -0.4 is 9.80 Å². The number of hydrogen-bond donors (Lipinski definition) is 0. The molecule has 0 saturated heterocycles. The number of esters is 1. The van der Waals surface area contributed by atoms with Crippen LogP contribution in [0.1, 0.15) is 188 Å². The van der Waals surface area contributed by atoms with Gasteiger partial charge in [0.05, 0.1) is 29.5 Å². The highest BCUT2D eigenvalue weighted by Crippen LogP contribution is 2.52. The van der Waals surface area contributed by atoms with Crippen LogP contribution in [-0.4, -0.2) is 81.7 Å². The van der Waals surface area contributed by atoms with Gasteiger partial charge in [-0.05, 0) is 145 Å². The first-order valence-corrected chi connectivity index (χ1v) is 23.5. The van der Waals surface area contributed by atoms with Crippen LogP contribution in [0.3, 0.4) is 0 Å². The van der Waals surface area contributed by atoms with Crippen molar-refractivity contribution in [2.75, 3.05) is 51.2 Å². The van der Waals surface area contributed by atoms with E-state index in [2.05, 4.69) is 69.2 Å². The third kappa shape index (κ3) is 12.2. The fourth-order valence-electron chi connectivity index (χ4n) is 9.92. The second kappa shape index (κ2) is 22.9. The van der Waals surface area contributed by atoms with Crippen LogP contribution in [-0.2, 0) is 18.9 Å². The maximum Gasteiger partial charge on any atom is 0.338 e. The molecule has 0 aromatic heterocycles. The zero-order valence-corrected chi connectivity index (χ0v) is 41.4. The summed E-state index contributed by atoms with van der Waals surface area (Å²) in [5, 5.41) is 0. The number of ketones is 1. The lowest BCUT2D eigenvalue weighted by atomic mass is 9.62. The molecule has 2 aromatic rings. The van der Waals surface area contributed by atoms with E-state index in [1.165, 1.54) is 0 Å². The predicted molar refractivity (Wildman–Crippen MR) is 253 cm³/mol. The monoisotopic (exact) mass is 837 g/mol. The Labute approximate surface area is 367 Å². The van der Waals surface area contributed by atoms with Gasteiger partial charge < -0.3 is 28.7 Å². The highest BCUT2D eigenvalue weighted by Gasteiger charge is 2.51. The van der Waals surface area contributed by atoms with E-state index in [-0.39, 0.29) is 39.9 Å². The lowest BCUT2D eigenvalue weighted by molar-refractivity contribution is -0.206. The van der Waals surface area contributed by atoms with Gasteiger partial charge in [0, 0.05) is 63.6 Å². The highest BCUT2D eigenvalue weighted by atomic mass is 16.6. The molecule has 4 atom stereocenters. The van der Waals surface area contributed by atoms with Crippen LogP contribution in [0.4, 0.5) is 11.4 Å². The van der Waals surface area contributed by atoms with E-state index in [0.29, 0.717) is 43.6 Å². The average Bonchev–Trinajstić information content (AvgIpc) is 3.25. The van der Waals surface area contributed by atoms with Crippen LogP contribution >= 0.6 is 0 Å². The second-order valence-electron chi connectivity index (χ2n) is 18.6. The number of carbonyl (C=O) groups excluding carboxylic acids is 2. The van der Waals surface area contributed by atoms with Crippen LogP contribution in [0, 0.1) is 10.8 Å². The van der Waals surface area contributed by atoms with Crippen molar-refractivity contribution < 1.29 is 28.5 Å². The van der Waals surface area contributed by atoms with E-state index in [9.17, 15) is 9.59 Å². The molecule has 0 saturated carbocycles. The number of rotatable bonds is 29. The largest absolute Gasteiger partial charge is 0.456 e. The molecule has 0 N–H and O–H groups in total. The fraction of sp³-hybridized carbons (Fsp3) is 0.731. The average molecular weight is 837 g/mol. The molecule has 0 aliphatic heterocycles. The van der Waals surface area contributed by atoms with Crippen molar-refractivity contribution in [2.24, 2.45) is 10.8 Å². The minimum atomic E-state index is -0.914. The molecule has 342 valence electrons. The van der Waals surface area contributed by atoms with Gasteiger partial charge in [0.25, 0.3) is 0 Å². The molecule has 3 unspecified atom stereocenters. The molecule has 0 fully saturated rings. The van der Waals surface area contributed by atoms with Crippen LogP contribution in [0.2, 0.25) is 0 Å². The van der Waals surface area contributed by atoms with Gasteiger partial charge in [0.1, 0.15) is 11.2 Å². The van der Waals surface area contributed by atoms with Gasteiger partial charge in [0.15, 0.2) is 5.78 Å². The Bertz CT molecular complexity index is 1580. The first-order valence-electron chi connectivity index (χ1n) is 23.5. The summed E-state index contributed by atoms with van der Waals surface area (Å²) in [6.07, 6.45) is 9.88. The van der Waals surface area contributed by atoms with Gasteiger partial charge in [-0.1, -0.05) is 69.2 Å². The molecular weight excluding hydrogens is 749 g/mol. The van der Waals surface area contributed by atoms with E-state index >= 15 is 0 Å². The van der Waals surface area contributed by atoms with Crippen molar-refractivity contribution in [3.8, 4) is 0 Å². The first-order chi connectivity index (χ1) is 28.2. The smallest absolute Gasteiger partial charge is 0.338 e. The van der Waals surface area contributed by atoms with Crippen LogP contribution in [0.5, 0.6) is 0 Å². The number of nitrogens with zero attached hydrogens (tertiary/aromatic N) is 2. The quantitative estimate of drug-likeness (QED) is 0.0592. The predicted octanol–water partition coefficient (Wildman–Crippen LogP) is 13.1. The van der Waals surface area contributed by atoms with Gasteiger partial charge in [-0.15, -0.1) is 0 Å². The first kappa shape index (κ1) is 53.2. The maximum atomic E-state index is 13.9. The second-order valence-corrected chi connectivity index (χ2v) is 18.6. The van der Waals surface area contributed by atoms with E-state index < -0.39 is 11.2 Å². The lowest BCUT2D eigenvalue weighted by Gasteiger charge is -2.53. The maximum absolute atomic E-state index is 13.9. The van der Waals surface area contributed by atoms with Crippen LogP contribution in [0.15, 0.2) is 48.5 Å². The molecule has 8 nitrogen and oxygen atoms in total. The molecule has 0 aliphatic carbocycles. The van der Waals surface area contributed by atoms with Gasteiger partial charge in [-0.3, -0.25) is 4.79 Å². The number of ether oxygens (including phenoxy) is 4. The molecule has 0 heterocycles. The third-order valence-corrected chi connectivity index (χ3v) is 15.2. The van der Waals surface area contributed by atoms with E-state index in [4.69, 9.17) is 18.9 Å². The van der Waals surface area contributed by atoms with Crippen molar-refractivity contribution in [1.29, 1.82) is 0 Å². The molecule has 2 rings (SSSR count). The zero-order chi connectivity index (χ0) is 45.6. The van der Waals surface area contributed by atoms with Crippen molar-refractivity contribution in [3.05, 3.63) is 59.7 Å². The summed E-state index contributed by atoms with van der Waals surface area (Å²) in [4.78, 5) is 31.2. The minimum absolute atomic E-state index is 0.0253. The van der Waals surface area contributed by atoms with E-state index in [0.717, 1.165) is 69.2 Å². The van der Waals surface area contributed by atoms with Gasteiger partial charge in [0.2, 0.25) is 0 Å². The normalized spacial score (nSPS) is 16.0. The molecule has 0 bridgehead atoms. The lowest BCUT2D eigenvalue weighted by Crippen LogP contribution is -2.54. The van der Waals surface area contributed by atoms with Crippen LogP contribution in [0.25, 0.3) is 0 Å². The molecule has 0 amide bonds. The van der Waals surface area contributed by atoms with Crippen molar-refractivity contribution in [3.63, 3.8) is 0 Å². The topological polar surface area (TPSA) is 77.5 Å². The van der Waals surface area contributed by atoms with Crippen molar-refractivity contribution in [1.82, 2.24) is 0 Å². The van der Waals surface area contributed by atoms with Gasteiger partial charge in [-0.2, -0.15) is 0 Å². The van der Waals surface area contributed by atoms with Crippen molar-refractivity contribution >= 4 is 23.1 Å². The molecular formula is C52H88N2O6. The molecule has 8 heteroatoms. The Kier molecular flexibility index (Phi) is 20.3. The summed E-state index contributed by atoms with van der Waals surface area (Å²) < 4.78 is 27.4. The summed E-state index contributed by atoms with van der Waals surface area (Å²) >= 11 is 0. The summed E-state index contributed by atoms with van der Waals surface area (Å²) in [5.74, 6) is -0.277. The molecule has 2 aromatic carbocycles. The van der Waals surface area contributed by atoms with Crippen molar-refractivity contribution in [2.45, 2.75) is 196 Å². The Morgan fingerprint density at radius 1 is 0.567 bits per heavy atom. The van der Waals surface area contributed by atoms with Gasteiger partial charge >= 0.3 is 5.97 Å². The zero-order valence-electron chi connectivity index (χ0n) is 41.4. The van der Waals surface area contributed by atoms with E-state index in [1.807, 2.05) is 107 Å².